The van der Waals surface area contributed by atoms with Crippen LogP contribution < -0.4 is 0 Å². The van der Waals surface area contributed by atoms with Gasteiger partial charge in [0.25, 0.3) is 0 Å². The van der Waals surface area contributed by atoms with Crippen molar-refractivity contribution in [3.63, 3.8) is 0 Å². The second kappa shape index (κ2) is 4.93. The monoisotopic (exact) mass is 222 g/mol. The summed E-state index contributed by atoms with van der Waals surface area (Å²) in [6, 6.07) is 1.96. The molecule has 2 rings (SSSR count). The van der Waals surface area contributed by atoms with Gasteiger partial charge in [-0.2, -0.15) is 11.3 Å². The third-order valence-corrected chi connectivity index (χ3v) is 4.22. The summed E-state index contributed by atoms with van der Waals surface area (Å²) in [7, 11) is 0. The van der Waals surface area contributed by atoms with Crippen LogP contribution in [0.2, 0.25) is 0 Å². The summed E-state index contributed by atoms with van der Waals surface area (Å²) in [6.45, 7) is 2.24. The molecular formula is C13H18OS. The van der Waals surface area contributed by atoms with Gasteiger partial charge in [0.2, 0.25) is 0 Å². The molecule has 15 heavy (non-hydrogen) atoms. The lowest BCUT2D eigenvalue weighted by molar-refractivity contribution is 0.0862. The van der Waals surface area contributed by atoms with Crippen molar-refractivity contribution in [1.29, 1.82) is 0 Å². The zero-order chi connectivity index (χ0) is 10.7. The van der Waals surface area contributed by atoms with Crippen molar-refractivity contribution in [1.82, 2.24) is 0 Å². The number of hydrogen-bond acceptors (Lipinski definition) is 2. The predicted molar refractivity (Wildman–Crippen MR) is 64.4 cm³/mol. The zero-order valence-corrected chi connectivity index (χ0v) is 10.1. The molecule has 1 aromatic rings. The fraction of sp³-hybridized carbons (Fsp3) is 0.615. The first kappa shape index (κ1) is 10.9. The minimum absolute atomic E-state index is 0.304. The fourth-order valence-corrected chi connectivity index (χ4v) is 3.19. The lowest BCUT2D eigenvalue weighted by Crippen LogP contribution is -2.22. The van der Waals surface area contributed by atoms with Crippen molar-refractivity contribution in [3.8, 4) is 0 Å². The minimum Gasteiger partial charge on any atom is -0.294 e. The maximum atomic E-state index is 12.1. The number of carbonyl (C=O) groups excluding carboxylic acids is 1. The second-order valence-corrected chi connectivity index (χ2v) is 5.29. The highest BCUT2D eigenvalue weighted by atomic mass is 32.1. The van der Waals surface area contributed by atoms with Crippen molar-refractivity contribution in [2.45, 2.75) is 39.0 Å². The largest absolute Gasteiger partial charge is 0.294 e. The molecule has 2 atom stereocenters. The Balaban J connectivity index is 2.01. The molecule has 1 aliphatic carbocycles. The Hall–Kier alpha value is -0.630. The van der Waals surface area contributed by atoms with Crippen LogP contribution in [0.5, 0.6) is 0 Å². The molecule has 1 heterocycles. The Bertz CT molecular complexity index is 315. The molecule has 82 valence electrons. The predicted octanol–water partition coefficient (Wildman–Crippen LogP) is 4.15. The SMILES string of the molecule is CCC1CCCC(C(=O)c2ccsc2)C1. The molecule has 0 aromatic carbocycles. The normalized spacial score (nSPS) is 26.5. The maximum Gasteiger partial charge on any atom is 0.166 e. The summed E-state index contributed by atoms with van der Waals surface area (Å²) in [5, 5.41) is 3.98. The molecule has 0 radical (unpaired) electrons. The molecule has 2 heteroatoms. The van der Waals surface area contributed by atoms with Gasteiger partial charge < -0.3 is 0 Å². The molecule has 1 fully saturated rings. The van der Waals surface area contributed by atoms with Crippen LogP contribution in [-0.2, 0) is 0 Å². The van der Waals surface area contributed by atoms with E-state index in [1.54, 1.807) is 11.3 Å². The Morgan fingerprint density at radius 1 is 1.53 bits per heavy atom. The lowest BCUT2D eigenvalue weighted by atomic mass is 9.77. The second-order valence-electron chi connectivity index (χ2n) is 4.51. The average molecular weight is 222 g/mol. The van der Waals surface area contributed by atoms with Crippen molar-refractivity contribution in [2.75, 3.05) is 0 Å². The molecule has 1 nitrogen and oxygen atoms in total. The zero-order valence-electron chi connectivity index (χ0n) is 9.24. The summed E-state index contributed by atoms with van der Waals surface area (Å²) in [6.07, 6.45) is 6.01. The van der Waals surface area contributed by atoms with Crippen LogP contribution in [0.1, 0.15) is 49.4 Å². The van der Waals surface area contributed by atoms with E-state index in [-0.39, 0.29) is 0 Å². The van der Waals surface area contributed by atoms with Gasteiger partial charge in [0.05, 0.1) is 0 Å². The molecule has 2 unspecified atom stereocenters. The average Bonchev–Trinajstić information content (AvgIpc) is 2.81. The van der Waals surface area contributed by atoms with E-state index in [2.05, 4.69) is 6.92 Å². The number of hydrogen-bond donors (Lipinski definition) is 0. The topological polar surface area (TPSA) is 17.1 Å². The van der Waals surface area contributed by atoms with E-state index in [1.807, 2.05) is 16.8 Å². The molecule has 0 N–H and O–H groups in total. The van der Waals surface area contributed by atoms with E-state index in [0.29, 0.717) is 11.7 Å². The third kappa shape index (κ3) is 2.49. The van der Waals surface area contributed by atoms with Crippen LogP contribution in [0.15, 0.2) is 16.8 Å². The quantitative estimate of drug-likeness (QED) is 0.702. The van der Waals surface area contributed by atoms with Gasteiger partial charge in [-0.05, 0) is 30.2 Å². The van der Waals surface area contributed by atoms with Crippen molar-refractivity contribution < 1.29 is 4.79 Å². The summed E-state index contributed by atoms with van der Waals surface area (Å²) >= 11 is 1.62. The highest BCUT2D eigenvalue weighted by Crippen LogP contribution is 2.33. The number of Topliss-reactive ketones (excluding diaryl/α,β-unsaturated/α-hetero) is 1. The Kier molecular flexibility index (Phi) is 3.57. The van der Waals surface area contributed by atoms with Crippen molar-refractivity contribution >= 4 is 17.1 Å². The van der Waals surface area contributed by atoms with Crippen LogP contribution >= 0.6 is 11.3 Å². The first-order valence-corrected chi connectivity index (χ1v) is 6.82. The van der Waals surface area contributed by atoms with Crippen LogP contribution in [0, 0.1) is 11.8 Å². The van der Waals surface area contributed by atoms with E-state index in [9.17, 15) is 4.79 Å². The highest BCUT2D eigenvalue weighted by molar-refractivity contribution is 7.08. The fourth-order valence-electron chi connectivity index (χ4n) is 2.54. The van der Waals surface area contributed by atoms with E-state index < -0.39 is 0 Å². The summed E-state index contributed by atoms with van der Waals surface area (Å²) in [5.74, 6) is 1.47. The molecule has 1 aromatic heterocycles. The molecular weight excluding hydrogens is 204 g/mol. The third-order valence-electron chi connectivity index (χ3n) is 3.54. The number of thiophene rings is 1. The Morgan fingerprint density at radius 2 is 2.40 bits per heavy atom. The molecule has 0 aliphatic heterocycles. The van der Waals surface area contributed by atoms with Crippen molar-refractivity contribution in [3.05, 3.63) is 22.4 Å². The van der Waals surface area contributed by atoms with Crippen LogP contribution in [0.4, 0.5) is 0 Å². The van der Waals surface area contributed by atoms with Gasteiger partial charge in [-0.25, -0.2) is 0 Å². The standard InChI is InChI=1S/C13H18OS/c1-2-10-4-3-5-11(8-10)13(14)12-6-7-15-9-12/h6-7,9-11H,2-5,8H2,1H3. The van der Waals surface area contributed by atoms with Crippen LogP contribution in [0.25, 0.3) is 0 Å². The van der Waals surface area contributed by atoms with Gasteiger partial charge in [-0.1, -0.05) is 26.2 Å². The van der Waals surface area contributed by atoms with Crippen LogP contribution in [-0.4, -0.2) is 5.78 Å². The Labute approximate surface area is 95.5 Å². The molecule has 1 aliphatic rings. The summed E-state index contributed by atoms with van der Waals surface area (Å²) < 4.78 is 0. The van der Waals surface area contributed by atoms with Gasteiger partial charge in [0, 0.05) is 16.9 Å². The van der Waals surface area contributed by atoms with Crippen molar-refractivity contribution in [2.24, 2.45) is 11.8 Å². The van der Waals surface area contributed by atoms with E-state index in [0.717, 1.165) is 24.3 Å². The summed E-state index contributed by atoms with van der Waals surface area (Å²) in [5.41, 5.74) is 0.932. The highest BCUT2D eigenvalue weighted by Gasteiger charge is 2.26. The molecule has 0 bridgehead atoms. The lowest BCUT2D eigenvalue weighted by Gasteiger charge is -2.27. The van der Waals surface area contributed by atoms with Gasteiger partial charge in [-0.15, -0.1) is 0 Å². The van der Waals surface area contributed by atoms with E-state index in [4.69, 9.17) is 0 Å². The first-order chi connectivity index (χ1) is 7.31. The number of carbonyl (C=O) groups is 1. The van der Waals surface area contributed by atoms with Crippen LogP contribution in [0.3, 0.4) is 0 Å². The molecule has 0 spiro atoms. The Morgan fingerprint density at radius 3 is 3.07 bits per heavy atom. The maximum absolute atomic E-state index is 12.1. The van der Waals surface area contributed by atoms with Gasteiger partial charge in [0.15, 0.2) is 5.78 Å². The summed E-state index contributed by atoms with van der Waals surface area (Å²) in [4.78, 5) is 12.1. The van der Waals surface area contributed by atoms with E-state index >= 15 is 0 Å². The molecule has 0 saturated heterocycles. The minimum atomic E-state index is 0.304. The smallest absolute Gasteiger partial charge is 0.166 e. The number of ketones is 1. The van der Waals surface area contributed by atoms with E-state index in [1.165, 1.54) is 19.3 Å². The van der Waals surface area contributed by atoms with Gasteiger partial charge in [-0.3, -0.25) is 4.79 Å². The molecule has 1 saturated carbocycles. The molecule has 0 amide bonds. The van der Waals surface area contributed by atoms with Gasteiger partial charge in [0.1, 0.15) is 0 Å². The first-order valence-electron chi connectivity index (χ1n) is 5.87. The van der Waals surface area contributed by atoms with Gasteiger partial charge >= 0.3 is 0 Å². The number of rotatable bonds is 3.